The van der Waals surface area contributed by atoms with Gasteiger partial charge in [0.25, 0.3) is 0 Å². The van der Waals surface area contributed by atoms with E-state index in [-0.39, 0.29) is 5.91 Å². The third-order valence-corrected chi connectivity index (χ3v) is 6.39. The van der Waals surface area contributed by atoms with Crippen molar-refractivity contribution in [3.8, 4) is 5.69 Å². The van der Waals surface area contributed by atoms with E-state index < -0.39 is 0 Å². The summed E-state index contributed by atoms with van der Waals surface area (Å²) in [5.74, 6) is 1.35. The van der Waals surface area contributed by atoms with Crippen LogP contribution in [0.25, 0.3) is 5.69 Å². The highest BCUT2D eigenvalue weighted by Crippen LogP contribution is 2.24. The van der Waals surface area contributed by atoms with Crippen molar-refractivity contribution < 1.29 is 4.79 Å². The van der Waals surface area contributed by atoms with Crippen LogP contribution in [0.3, 0.4) is 0 Å². The molecule has 7 heteroatoms. The van der Waals surface area contributed by atoms with Gasteiger partial charge >= 0.3 is 0 Å². The normalized spacial score (nSPS) is 14.2. The zero-order valence-corrected chi connectivity index (χ0v) is 18.5. The first-order valence-corrected chi connectivity index (χ1v) is 11.2. The van der Waals surface area contributed by atoms with Crippen LogP contribution < -0.4 is 4.90 Å². The summed E-state index contributed by atoms with van der Waals surface area (Å²) in [6.07, 6.45) is 0. The number of para-hydroxylation sites is 1. The van der Waals surface area contributed by atoms with E-state index in [0.717, 1.165) is 48.4 Å². The second-order valence-electron chi connectivity index (χ2n) is 7.65. The minimum atomic E-state index is 0.154. The van der Waals surface area contributed by atoms with Crippen molar-refractivity contribution in [3.05, 3.63) is 65.5 Å². The quantitative estimate of drug-likeness (QED) is 0.589. The number of amides is 1. The molecule has 1 aromatic heterocycles. The van der Waals surface area contributed by atoms with Gasteiger partial charge in [0.2, 0.25) is 5.91 Å². The van der Waals surface area contributed by atoms with E-state index in [1.54, 1.807) is 0 Å². The molecule has 0 bridgehead atoms. The monoisotopic (exact) mass is 421 g/mol. The van der Waals surface area contributed by atoms with Gasteiger partial charge in [-0.2, -0.15) is 0 Å². The van der Waals surface area contributed by atoms with Gasteiger partial charge in [0.15, 0.2) is 5.16 Å². The lowest BCUT2D eigenvalue weighted by molar-refractivity contribution is -0.128. The Bertz CT molecular complexity index is 1040. The van der Waals surface area contributed by atoms with Crippen molar-refractivity contribution in [1.29, 1.82) is 0 Å². The van der Waals surface area contributed by atoms with Gasteiger partial charge in [0.05, 0.1) is 11.4 Å². The van der Waals surface area contributed by atoms with Gasteiger partial charge in [-0.3, -0.25) is 9.36 Å². The third kappa shape index (κ3) is 4.36. The Hall–Kier alpha value is -2.80. The number of nitrogens with zero attached hydrogens (tertiary/aromatic N) is 5. The Morgan fingerprint density at radius 3 is 2.47 bits per heavy atom. The molecule has 156 valence electrons. The fourth-order valence-electron chi connectivity index (χ4n) is 3.78. The second kappa shape index (κ2) is 8.92. The van der Waals surface area contributed by atoms with E-state index in [1.807, 2.05) is 28.5 Å². The Morgan fingerprint density at radius 1 is 0.967 bits per heavy atom. The number of hydrogen-bond acceptors (Lipinski definition) is 5. The number of anilines is 1. The van der Waals surface area contributed by atoms with Crippen molar-refractivity contribution in [2.75, 3.05) is 36.8 Å². The summed E-state index contributed by atoms with van der Waals surface area (Å²) in [7, 11) is 0. The maximum Gasteiger partial charge on any atom is 0.233 e. The van der Waals surface area contributed by atoms with Crippen molar-refractivity contribution in [2.24, 2.45) is 0 Å². The molecule has 2 heterocycles. The standard InChI is InChI=1S/C23H27N5OS/c1-17-7-6-9-20(15-17)26-11-13-27(14-12-26)22(29)16-30-23-25-24-19(3)28(23)21-10-5-4-8-18(21)2/h4-10,15H,11-14,16H2,1-3H3. The molecule has 0 spiro atoms. The minimum absolute atomic E-state index is 0.154. The minimum Gasteiger partial charge on any atom is -0.368 e. The highest BCUT2D eigenvalue weighted by atomic mass is 32.2. The smallest absolute Gasteiger partial charge is 0.233 e. The van der Waals surface area contributed by atoms with Crippen LogP contribution in [-0.2, 0) is 4.79 Å². The summed E-state index contributed by atoms with van der Waals surface area (Å²) in [6, 6.07) is 16.7. The molecule has 0 aliphatic carbocycles. The number of thioether (sulfide) groups is 1. The lowest BCUT2D eigenvalue weighted by atomic mass is 10.2. The predicted octanol–water partition coefficient (Wildman–Crippen LogP) is 3.63. The van der Waals surface area contributed by atoms with Crippen LogP contribution in [-0.4, -0.2) is 57.5 Å². The van der Waals surface area contributed by atoms with Crippen molar-refractivity contribution in [3.63, 3.8) is 0 Å². The van der Waals surface area contributed by atoms with Gasteiger partial charge < -0.3 is 9.80 Å². The van der Waals surface area contributed by atoms with E-state index in [9.17, 15) is 4.79 Å². The first-order chi connectivity index (χ1) is 14.5. The molecular formula is C23H27N5OS. The number of aromatic nitrogens is 3. The predicted molar refractivity (Wildman–Crippen MR) is 122 cm³/mol. The maximum atomic E-state index is 12.8. The molecule has 3 aromatic rings. The number of carbonyl (C=O) groups is 1. The van der Waals surface area contributed by atoms with E-state index in [1.165, 1.54) is 23.0 Å². The van der Waals surface area contributed by atoms with Gasteiger partial charge in [0, 0.05) is 31.9 Å². The summed E-state index contributed by atoms with van der Waals surface area (Å²) in [6.45, 7) is 9.33. The van der Waals surface area contributed by atoms with E-state index in [0.29, 0.717) is 5.75 Å². The maximum absolute atomic E-state index is 12.8. The van der Waals surface area contributed by atoms with Crippen LogP contribution in [0.4, 0.5) is 5.69 Å². The fraction of sp³-hybridized carbons (Fsp3) is 0.348. The molecule has 1 aliphatic rings. The van der Waals surface area contributed by atoms with E-state index in [4.69, 9.17) is 0 Å². The average molecular weight is 422 g/mol. The summed E-state index contributed by atoms with van der Waals surface area (Å²) in [5.41, 5.74) is 4.70. The molecule has 0 atom stereocenters. The largest absolute Gasteiger partial charge is 0.368 e. The topological polar surface area (TPSA) is 54.3 Å². The molecule has 30 heavy (non-hydrogen) atoms. The number of carbonyl (C=O) groups excluding carboxylic acids is 1. The van der Waals surface area contributed by atoms with E-state index in [2.05, 4.69) is 65.3 Å². The van der Waals surface area contributed by atoms with Crippen LogP contribution in [0.5, 0.6) is 0 Å². The van der Waals surface area contributed by atoms with Crippen molar-refractivity contribution >= 4 is 23.4 Å². The van der Waals surface area contributed by atoms with Crippen molar-refractivity contribution in [1.82, 2.24) is 19.7 Å². The summed E-state index contributed by atoms with van der Waals surface area (Å²) >= 11 is 1.46. The molecule has 0 N–H and O–H groups in total. The van der Waals surface area contributed by atoms with Gasteiger partial charge in [-0.15, -0.1) is 10.2 Å². The Morgan fingerprint density at radius 2 is 1.73 bits per heavy atom. The molecule has 4 rings (SSSR count). The number of rotatable bonds is 5. The lowest BCUT2D eigenvalue weighted by Gasteiger charge is -2.36. The van der Waals surface area contributed by atoms with Gasteiger partial charge in [-0.05, 0) is 50.1 Å². The molecule has 1 fully saturated rings. The lowest BCUT2D eigenvalue weighted by Crippen LogP contribution is -2.49. The molecule has 6 nitrogen and oxygen atoms in total. The first-order valence-electron chi connectivity index (χ1n) is 10.2. The number of hydrogen-bond donors (Lipinski definition) is 0. The molecule has 1 aliphatic heterocycles. The Kier molecular flexibility index (Phi) is 6.08. The summed E-state index contributed by atoms with van der Waals surface area (Å²) < 4.78 is 2.03. The van der Waals surface area contributed by atoms with Crippen LogP contribution in [0.15, 0.2) is 53.7 Å². The van der Waals surface area contributed by atoms with Crippen LogP contribution in [0.2, 0.25) is 0 Å². The summed E-state index contributed by atoms with van der Waals surface area (Å²) in [4.78, 5) is 17.1. The van der Waals surface area contributed by atoms with Gasteiger partial charge in [-0.25, -0.2) is 0 Å². The van der Waals surface area contributed by atoms with Crippen LogP contribution >= 0.6 is 11.8 Å². The molecule has 1 saturated heterocycles. The second-order valence-corrected chi connectivity index (χ2v) is 8.59. The number of piperazine rings is 1. The van der Waals surface area contributed by atoms with Crippen LogP contribution in [0.1, 0.15) is 17.0 Å². The highest BCUT2D eigenvalue weighted by molar-refractivity contribution is 7.99. The molecular weight excluding hydrogens is 394 g/mol. The third-order valence-electron chi connectivity index (χ3n) is 5.48. The molecule has 2 aromatic carbocycles. The summed E-state index contributed by atoms with van der Waals surface area (Å²) in [5, 5.41) is 9.30. The van der Waals surface area contributed by atoms with Gasteiger partial charge in [0.1, 0.15) is 5.82 Å². The van der Waals surface area contributed by atoms with E-state index >= 15 is 0 Å². The molecule has 0 saturated carbocycles. The SMILES string of the molecule is Cc1cccc(N2CCN(C(=O)CSc3nnc(C)n3-c3ccccc3C)CC2)c1. The highest BCUT2D eigenvalue weighted by Gasteiger charge is 2.22. The fourth-order valence-corrected chi connectivity index (χ4v) is 4.68. The van der Waals surface area contributed by atoms with Crippen LogP contribution in [0, 0.1) is 20.8 Å². The first kappa shape index (κ1) is 20.5. The number of benzene rings is 2. The Balaban J connectivity index is 1.37. The molecule has 1 amide bonds. The van der Waals surface area contributed by atoms with Gasteiger partial charge in [-0.1, -0.05) is 42.1 Å². The molecule has 0 radical (unpaired) electrons. The number of aryl methyl sites for hydroxylation is 3. The Labute approximate surface area is 181 Å². The zero-order valence-electron chi connectivity index (χ0n) is 17.7. The molecule has 0 unspecified atom stereocenters. The van der Waals surface area contributed by atoms with Crippen molar-refractivity contribution in [2.45, 2.75) is 25.9 Å². The zero-order chi connectivity index (χ0) is 21.1. The average Bonchev–Trinajstić information content (AvgIpc) is 3.12.